The highest BCUT2D eigenvalue weighted by molar-refractivity contribution is 9.09. The van der Waals surface area contributed by atoms with Crippen LogP contribution in [0.3, 0.4) is 0 Å². The van der Waals surface area contributed by atoms with Gasteiger partial charge in [0.1, 0.15) is 0 Å². The van der Waals surface area contributed by atoms with Gasteiger partial charge in [0, 0.05) is 4.83 Å². The second-order valence-electron chi connectivity index (χ2n) is 1.53. The fraction of sp³-hybridized carbons (Fsp3) is 1.00. The van der Waals surface area contributed by atoms with Crippen molar-refractivity contribution >= 4 is 39.0 Å². The summed E-state index contributed by atoms with van der Waals surface area (Å²) >= 11 is 3.46. The predicted molar refractivity (Wildman–Crippen MR) is 35.1 cm³/mol. The summed E-state index contributed by atoms with van der Waals surface area (Å²) in [5, 5.41) is 0. The molecule has 34 valence electrons. The molecule has 0 amide bonds. The van der Waals surface area contributed by atoms with Crippen molar-refractivity contribution in [1.82, 2.24) is 0 Å². The predicted octanol–water partition coefficient (Wildman–Crippen LogP) is 1.02. The first-order valence-electron chi connectivity index (χ1n) is 2.03. The van der Waals surface area contributed by atoms with E-state index in [1.807, 2.05) is 0 Å². The average molecular weight is 161 g/mol. The molecule has 0 atom stereocenters. The van der Waals surface area contributed by atoms with Gasteiger partial charge in [-0.15, -0.1) is 0 Å². The van der Waals surface area contributed by atoms with Gasteiger partial charge < -0.3 is 0 Å². The molecule has 0 heterocycles. The van der Waals surface area contributed by atoms with Crippen LogP contribution in [-0.4, -0.2) is 27.9 Å². The van der Waals surface area contributed by atoms with Crippen molar-refractivity contribution in [1.29, 1.82) is 0 Å². The topological polar surface area (TPSA) is 0 Å². The summed E-state index contributed by atoms with van der Waals surface area (Å²) < 4.78 is 0. The first kappa shape index (κ1) is 7.25. The molecule has 0 aromatic rings. The zero-order valence-electron chi connectivity index (χ0n) is 3.08. The summed E-state index contributed by atoms with van der Waals surface area (Å²) in [6.07, 6.45) is 4.25. The van der Waals surface area contributed by atoms with E-state index in [9.17, 15) is 0 Å². The Bertz CT molecular complexity index is 34.5. The standard InChI is InChI=1S/C4H7Br.Mg.2H/c5-4-2-1-3-4;;;/h4H,1-3H2;;;. The van der Waals surface area contributed by atoms with Crippen LogP contribution < -0.4 is 0 Å². The molecule has 0 bridgehead atoms. The Labute approximate surface area is 63.0 Å². The third-order valence-corrected chi connectivity index (χ3v) is 1.95. The summed E-state index contributed by atoms with van der Waals surface area (Å²) in [5.74, 6) is 0. The Kier molecular flexibility index (Phi) is 3.95. The van der Waals surface area contributed by atoms with Crippen LogP contribution in [0.25, 0.3) is 0 Å². The van der Waals surface area contributed by atoms with Crippen LogP contribution in [0.1, 0.15) is 19.3 Å². The molecule has 1 fully saturated rings. The Morgan fingerprint density at radius 2 is 1.67 bits per heavy atom. The number of hydrogen-bond acceptors (Lipinski definition) is 0. The maximum atomic E-state index is 3.46. The van der Waals surface area contributed by atoms with E-state index < -0.39 is 0 Å². The lowest BCUT2D eigenvalue weighted by molar-refractivity contribution is 0.530. The Morgan fingerprint density at radius 1 is 1.33 bits per heavy atom. The van der Waals surface area contributed by atoms with E-state index in [4.69, 9.17) is 0 Å². The van der Waals surface area contributed by atoms with E-state index in [1.165, 1.54) is 19.3 Å². The molecule has 1 aliphatic rings. The summed E-state index contributed by atoms with van der Waals surface area (Å²) in [6.45, 7) is 0. The van der Waals surface area contributed by atoms with E-state index >= 15 is 0 Å². The number of alkyl halides is 1. The largest absolute Gasteiger partial charge is 0.316 e. The molecule has 1 rings (SSSR count). The molecule has 0 radical (unpaired) electrons. The van der Waals surface area contributed by atoms with Gasteiger partial charge in [-0.3, -0.25) is 0 Å². The SMILES string of the molecule is BrC1CCC1.[MgH2]. The third-order valence-electron chi connectivity index (χ3n) is 1.03. The first-order chi connectivity index (χ1) is 2.39. The normalized spacial score (nSPS) is 21.5. The second-order valence-corrected chi connectivity index (χ2v) is 2.82. The van der Waals surface area contributed by atoms with Crippen LogP contribution in [0.15, 0.2) is 0 Å². The molecular formula is C4H9BrMg. The maximum Gasteiger partial charge on any atom is 0.316 e. The van der Waals surface area contributed by atoms with Crippen molar-refractivity contribution in [2.24, 2.45) is 0 Å². The molecule has 0 nitrogen and oxygen atoms in total. The van der Waals surface area contributed by atoms with Gasteiger partial charge in [-0.05, 0) is 12.8 Å². The van der Waals surface area contributed by atoms with Crippen LogP contribution in [0.5, 0.6) is 0 Å². The van der Waals surface area contributed by atoms with Crippen LogP contribution >= 0.6 is 15.9 Å². The fourth-order valence-corrected chi connectivity index (χ4v) is 1.01. The van der Waals surface area contributed by atoms with Crippen molar-refractivity contribution in [2.75, 3.05) is 0 Å². The van der Waals surface area contributed by atoms with Crippen molar-refractivity contribution in [3.05, 3.63) is 0 Å². The molecule has 0 saturated heterocycles. The molecule has 0 aromatic carbocycles. The zero-order valence-corrected chi connectivity index (χ0v) is 4.66. The molecule has 2 heteroatoms. The first-order valence-corrected chi connectivity index (χ1v) is 2.95. The lowest BCUT2D eigenvalue weighted by Gasteiger charge is -2.16. The maximum absolute atomic E-state index is 3.46. The minimum atomic E-state index is 0. The van der Waals surface area contributed by atoms with Gasteiger partial charge >= 0.3 is 23.1 Å². The third kappa shape index (κ3) is 1.80. The molecule has 0 aliphatic heterocycles. The monoisotopic (exact) mass is 160 g/mol. The van der Waals surface area contributed by atoms with Gasteiger partial charge in [0.25, 0.3) is 0 Å². The Balaban J connectivity index is 0.000000250. The molecule has 6 heavy (non-hydrogen) atoms. The van der Waals surface area contributed by atoms with Crippen LogP contribution in [-0.2, 0) is 0 Å². The molecule has 1 aliphatic carbocycles. The highest BCUT2D eigenvalue weighted by Crippen LogP contribution is 2.25. The Hall–Kier alpha value is 1.25. The van der Waals surface area contributed by atoms with Crippen LogP contribution in [0, 0.1) is 0 Å². The molecule has 1 saturated carbocycles. The van der Waals surface area contributed by atoms with Gasteiger partial charge in [-0.25, -0.2) is 0 Å². The average Bonchev–Trinajstić information content (AvgIpc) is 1.30. The van der Waals surface area contributed by atoms with Crippen molar-refractivity contribution in [3.8, 4) is 0 Å². The van der Waals surface area contributed by atoms with Crippen molar-refractivity contribution < 1.29 is 0 Å². The number of rotatable bonds is 0. The van der Waals surface area contributed by atoms with E-state index in [2.05, 4.69) is 15.9 Å². The summed E-state index contributed by atoms with van der Waals surface area (Å²) in [4.78, 5) is 0.877. The smallest absolute Gasteiger partial charge is 0.0891 e. The van der Waals surface area contributed by atoms with Gasteiger partial charge in [0.15, 0.2) is 0 Å². The van der Waals surface area contributed by atoms with Crippen molar-refractivity contribution in [3.63, 3.8) is 0 Å². The summed E-state index contributed by atoms with van der Waals surface area (Å²) in [6, 6.07) is 0. The number of halogens is 1. The second kappa shape index (κ2) is 3.27. The van der Waals surface area contributed by atoms with E-state index in [1.54, 1.807) is 0 Å². The lowest BCUT2D eigenvalue weighted by atomic mass is 10.0. The quantitative estimate of drug-likeness (QED) is 0.367. The highest BCUT2D eigenvalue weighted by atomic mass is 79.9. The van der Waals surface area contributed by atoms with E-state index in [0.717, 1.165) is 4.83 Å². The van der Waals surface area contributed by atoms with Gasteiger partial charge in [-0.1, -0.05) is 22.4 Å². The fourth-order valence-electron chi connectivity index (χ4n) is 0.358. The van der Waals surface area contributed by atoms with E-state index in [-0.39, 0.29) is 23.1 Å². The summed E-state index contributed by atoms with van der Waals surface area (Å²) in [7, 11) is 0. The summed E-state index contributed by atoms with van der Waals surface area (Å²) in [5.41, 5.74) is 0. The van der Waals surface area contributed by atoms with Gasteiger partial charge in [0.05, 0.1) is 0 Å². The molecule has 0 unspecified atom stereocenters. The number of hydrogen-bond donors (Lipinski definition) is 0. The van der Waals surface area contributed by atoms with Crippen LogP contribution in [0.2, 0.25) is 0 Å². The van der Waals surface area contributed by atoms with Crippen molar-refractivity contribution in [2.45, 2.75) is 24.1 Å². The minimum Gasteiger partial charge on any atom is -0.0891 e. The minimum absolute atomic E-state index is 0. The highest BCUT2D eigenvalue weighted by Gasteiger charge is 2.11. The van der Waals surface area contributed by atoms with Gasteiger partial charge in [-0.2, -0.15) is 0 Å². The zero-order chi connectivity index (χ0) is 3.70. The van der Waals surface area contributed by atoms with Gasteiger partial charge in [0.2, 0.25) is 0 Å². The van der Waals surface area contributed by atoms with E-state index in [0.29, 0.717) is 0 Å². The molecule has 0 aromatic heterocycles. The molecule has 0 N–H and O–H groups in total. The Morgan fingerprint density at radius 3 is 1.67 bits per heavy atom. The van der Waals surface area contributed by atoms with Crippen LogP contribution in [0.4, 0.5) is 0 Å². The molecule has 0 spiro atoms. The lowest BCUT2D eigenvalue weighted by Crippen LogP contribution is -2.07. The molecular weight excluding hydrogens is 152 g/mol.